The fourth-order valence-corrected chi connectivity index (χ4v) is 4.54. The van der Waals surface area contributed by atoms with E-state index in [2.05, 4.69) is 10.2 Å². The molecule has 0 radical (unpaired) electrons. The molecule has 0 unspecified atom stereocenters. The Morgan fingerprint density at radius 1 is 0.972 bits per heavy atom. The van der Waals surface area contributed by atoms with Crippen LogP contribution in [-0.4, -0.2) is 42.9 Å². The molecule has 4 rings (SSSR count). The summed E-state index contributed by atoms with van der Waals surface area (Å²) >= 11 is 12.7. The number of halogens is 2. The Kier molecular flexibility index (Phi) is 8.07. The van der Waals surface area contributed by atoms with E-state index in [-0.39, 0.29) is 17.7 Å². The van der Waals surface area contributed by atoms with Gasteiger partial charge in [-0.2, -0.15) is 0 Å². The maximum atomic E-state index is 12.4. The molecule has 1 aliphatic heterocycles. The molecule has 0 aliphatic carbocycles. The zero-order valence-electron chi connectivity index (χ0n) is 20.6. The van der Waals surface area contributed by atoms with Crippen LogP contribution in [0.4, 0.5) is 11.4 Å². The number of anilines is 2. The highest BCUT2D eigenvalue weighted by Gasteiger charge is 2.24. The minimum atomic E-state index is -0.295. The molecular weight excluding hydrogens is 497 g/mol. The monoisotopic (exact) mass is 525 g/mol. The molecule has 1 N–H and O–H groups in total. The molecule has 6 nitrogen and oxygen atoms in total. The van der Waals surface area contributed by atoms with Gasteiger partial charge in [-0.05, 0) is 55.0 Å². The second kappa shape index (κ2) is 11.2. The number of nitrogens with one attached hydrogen (secondary N) is 1. The first-order valence-corrected chi connectivity index (χ1v) is 12.7. The second-order valence-corrected chi connectivity index (χ2v) is 9.94. The normalized spacial score (nSPS) is 14.1. The highest BCUT2D eigenvalue weighted by Crippen LogP contribution is 2.30. The Bertz CT molecular complexity index is 1290. The molecule has 1 fully saturated rings. The lowest BCUT2D eigenvalue weighted by atomic mass is 10.1. The Hall–Kier alpha value is -3.22. The van der Waals surface area contributed by atoms with Gasteiger partial charge in [0.1, 0.15) is 11.5 Å². The summed E-state index contributed by atoms with van der Waals surface area (Å²) in [5.74, 6) is 1.11. The van der Waals surface area contributed by atoms with Gasteiger partial charge in [0, 0.05) is 54.4 Å². The molecule has 0 spiro atoms. The molecule has 8 heteroatoms. The molecule has 0 bridgehead atoms. The molecule has 2 amide bonds. The third-order valence-corrected chi connectivity index (χ3v) is 6.83. The average molecular weight is 526 g/mol. The van der Waals surface area contributed by atoms with Gasteiger partial charge < -0.3 is 19.5 Å². The van der Waals surface area contributed by atoms with E-state index >= 15 is 0 Å². The Labute approximate surface area is 221 Å². The van der Waals surface area contributed by atoms with Crippen LogP contribution in [0.15, 0.2) is 59.0 Å². The van der Waals surface area contributed by atoms with Crippen molar-refractivity contribution in [1.82, 2.24) is 4.90 Å². The minimum Gasteiger partial charge on any atom is -0.457 e. The number of aryl methyl sites for hydroxylation is 1. The Morgan fingerprint density at radius 3 is 2.39 bits per heavy atom. The first-order valence-electron chi connectivity index (χ1n) is 11.9. The maximum absolute atomic E-state index is 12.4. The van der Waals surface area contributed by atoms with Gasteiger partial charge >= 0.3 is 0 Å². The summed E-state index contributed by atoms with van der Waals surface area (Å²) in [4.78, 5) is 28.7. The molecule has 2 heterocycles. The van der Waals surface area contributed by atoms with Crippen LogP contribution in [0.3, 0.4) is 0 Å². The van der Waals surface area contributed by atoms with Crippen LogP contribution in [0.2, 0.25) is 10.0 Å². The number of amides is 2. The Balaban J connectivity index is 1.34. The highest BCUT2D eigenvalue weighted by atomic mass is 35.5. The first kappa shape index (κ1) is 25.9. The Morgan fingerprint density at radius 2 is 1.72 bits per heavy atom. The predicted octanol–water partition coefficient (Wildman–Crippen LogP) is 6.52. The molecule has 1 aromatic heterocycles. The smallest absolute Gasteiger partial charge is 0.248 e. The minimum absolute atomic E-state index is 0.000735. The van der Waals surface area contributed by atoms with Gasteiger partial charge in [0.25, 0.3) is 0 Å². The van der Waals surface area contributed by atoms with E-state index < -0.39 is 0 Å². The van der Waals surface area contributed by atoms with Crippen LogP contribution in [-0.2, 0) is 9.59 Å². The van der Waals surface area contributed by atoms with Crippen LogP contribution in [0, 0.1) is 12.8 Å². The van der Waals surface area contributed by atoms with E-state index in [0.717, 1.165) is 16.8 Å². The molecule has 188 valence electrons. The summed E-state index contributed by atoms with van der Waals surface area (Å²) in [7, 11) is 0. The lowest BCUT2D eigenvalue weighted by Gasteiger charge is -2.37. The number of nitrogens with zero attached hydrogens (tertiary/aromatic N) is 2. The molecule has 2 aromatic carbocycles. The third kappa shape index (κ3) is 6.12. The van der Waals surface area contributed by atoms with Crippen LogP contribution in [0.1, 0.15) is 25.2 Å². The van der Waals surface area contributed by atoms with Crippen molar-refractivity contribution in [1.29, 1.82) is 0 Å². The number of hydrogen-bond acceptors (Lipinski definition) is 4. The summed E-state index contributed by atoms with van der Waals surface area (Å²) in [6, 6.07) is 14.8. The molecule has 36 heavy (non-hydrogen) atoms. The van der Waals surface area contributed by atoms with Crippen molar-refractivity contribution >= 4 is 52.5 Å². The molecular formula is C28H29Cl2N3O3. The summed E-state index contributed by atoms with van der Waals surface area (Å²) < 4.78 is 5.83. The van der Waals surface area contributed by atoms with Gasteiger partial charge in [0.2, 0.25) is 11.8 Å². The highest BCUT2D eigenvalue weighted by molar-refractivity contribution is 6.33. The van der Waals surface area contributed by atoms with Gasteiger partial charge in [-0.15, -0.1) is 0 Å². The lowest BCUT2D eigenvalue weighted by molar-refractivity contribution is -0.134. The third-order valence-electron chi connectivity index (χ3n) is 6.12. The van der Waals surface area contributed by atoms with Crippen molar-refractivity contribution in [3.8, 4) is 11.3 Å². The molecule has 0 atom stereocenters. The van der Waals surface area contributed by atoms with Gasteiger partial charge in [0.15, 0.2) is 0 Å². The molecule has 3 aromatic rings. The summed E-state index contributed by atoms with van der Waals surface area (Å²) in [6.45, 7) is 8.55. The summed E-state index contributed by atoms with van der Waals surface area (Å²) in [5.41, 5.74) is 3.36. The number of piperazine rings is 1. The zero-order valence-corrected chi connectivity index (χ0v) is 22.1. The summed E-state index contributed by atoms with van der Waals surface area (Å²) in [5, 5.41) is 4.05. The number of benzene rings is 2. The first-order chi connectivity index (χ1) is 17.2. The van der Waals surface area contributed by atoms with E-state index in [0.29, 0.717) is 53.4 Å². The average Bonchev–Trinajstić information content (AvgIpc) is 3.33. The number of furan rings is 1. The van der Waals surface area contributed by atoms with Gasteiger partial charge in [0.05, 0.1) is 10.7 Å². The van der Waals surface area contributed by atoms with Crippen molar-refractivity contribution in [2.45, 2.75) is 20.8 Å². The van der Waals surface area contributed by atoms with E-state index in [9.17, 15) is 9.59 Å². The number of carbonyl (C=O) groups is 2. The van der Waals surface area contributed by atoms with Crippen LogP contribution in [0.5, 0.6) is 0 Å². The van der Waals surface area contributed by atoms with Crippen molar-refractivity contribution in [3.05, 3.63) is 76.0 Å². The van der Waals surface area contributed by atoms with E-state index in [1.54, 1.807) is 18.2 Å². The number of hydrogen-bond donors (Lipinski definition) is 1. The fraction of sp³-hybridized carbons (Fsp3) is 0.286. The van der Waals surface area contributed by atoms with E-state index in [1.807, 2.05) is 62.1 Å². The predicted molar refractivity (Wildman–Crippen MR) is 147 cm³/mol. The maximum Gasteiger partial charge on any atom is 0.248 e. The quantitative estimate of drug-likeness (QED) is 0.372. The van der Waals surface area contributed by atoms with Crippen molar-refractivity contribution in [3.63, 3.8) is 0 Å². The van der Waals surface area contributed by atoms with E-state index in [1.165, 1.54) is 6.08 Å². The van der Waals surface area contributed by atoms with E-state index in [4.69, 9.17) is 27.6 Å². The van der Waals surface area contributed by atoms with Gasteiger partial charge in [-0.3, -0.25) is 9.59 Å². The van der Waals surface area contributed by atoms with Crippen LogP contribution < -0.4 is 10.2 Å². The SMILES string of the molecule is Cc1ccc(-c2ccc(/C=C/C(=O)Nc3ccc(N4CCN(C(=O)C(C)C)CC4)c(Cl)c3)o2)cc1Cl. The largest absolute Gasteiger partial charge is 0.457 e. The lowest BCUT2D eigenvalue weighted by Crippen LogP contribution is -2.50. The van der Waals surface area contributed by atoms with Crippen molar-refractivity contribution in [2.75, 3.05) is 36.4 Å². The molecule has 1 saturated heterocycles. The standard InChI is InChI=1S/C28H29Cl2N3O3/c1-18(2)28(35)33-14-12-32(13-15-33)25-9-6-21(17-24(25)30)31-27(34)11-8-22-7-10-26(36-22)20-5-4-19(3)23(29)16-20/h4-11,16-18H,12-15H2,1-3H3,(H,31,34)/b11-8+. The van der Waals surface area contributed by atoms with Crippen LogP contribution >= 0.6 is 23.2 Å². The topological polar surface area (TPSA) is 65.8 Å². The number of rotatable bonds is 6. The molecule has 1 aliphatic rings. The van der Waals surface area contributed by atoms with Gasteiger partial charge in [-0.25, -0.2) is 0 Å². The van der Waals surface area contributed by atoms with Crippen molar-refractivity contribution in [2.24, 2.45) is 5.92 Å². The fourth-order valence-electron chi connectivity index (χ4n) is 4.06. The second-order valence-electron chi connectivity index (χ2n) is 9.12. The zero-order chi connectivity index (χ0) is 25.8. The summed E-state index contributed by atoms with van der Waals surface area (Å²) in [6.07, 6.45) is 3.03. The molecule has 0 saturated carbocycles. The van der Waals surface area contributed by atoms with Crippen molar-refractivity contribution < 1.29 is 14.0 Å². The van der Waals surface area contributed by atoms with Crippen LogP contribution in [0.25, 0.3) is 17.4 Å². The number of carbonyl (C=O) groups excluding carboxylic acids is 2. The van der Waals surface area contributed by atoms with Gasteiger partial charge in [-0.1, -0.05) is 49.2 Å².